The summed E-state index contributed by atoms with van der Waals surface area (Å²) in [6, 6.07) is 6.01. The average Bonchev–Trinajstić information content (AvgIpc) is 2.07. The van der Waals surface area contributed by atoms with Crippen LogP contribution in [0.3, 0.4) is 0 Å². The Labute approximate surface area is 87.1 Å². The molecule has 1 rings (SSSR count). The zero-order chi connectivity index (χ0) is 10.8. The maximum Gasteiger partial charge on any atom is 0.118 e. The van der Waals surface area contributed by atoms with Crippen LogP contribution in [-0.2, 0) is 6.42 Å². The van der Waals surface area contributed by atoms with E-state index in [1.54, 1.807) is 0 Å². The van der Waals surface area contributed by atoms with Gasteiger partial charge in [-0.1, -0.05) is 43.9 Å². The monoisotopic (exact) mass is 206 g/mol. The number of hydrogen-bond acceptors (Lipinski definition) is 1. The van der Waals surface area contributed by atoms with Crippen LogP contribution in [0.15, 0.2) is 30.9 Å². The summed E-state index contributed by atoms with van der Waals surface area (Å²) in [5.74, 6) is 0.478. The zero-order valence-corrected chi connectivity index (χ0v) is 10.2. The van der Waals surface area contributed by atoms with Gasteiger partial charge in [-0.2, -0.15) is 0 Å². The summed E-state index contributed by atoms with van der Waals surface area (Å²) in [5, 5.41) is 11.2. The number of benzene rings is 1. The number of phenols is 1. The standard InChI is InChI=1S/C12H18OSi/c1-5-7-10-8-6-9-11(12(10)13)14(2,3)4/h5-6,8-9,13H,1,7H2,2-4H3. The molecule has 0 aliphatic rings. The van der Waals surface area contributed by atoms with Gasteiger partial charge in [-0.3, -0.25) is 0 Å². The van der Waals surface area contributed by atoms with E-state index in [4.69, 9.17) is 0 Å². The minimum atomic E-state index is -1.42. The lowest BCUT2D eigenvalue weighted by atomic mass is 10.1. The second kappa shape index (κ2) is 4.01. The van der Waals surface area contributed by atoms with E-state index >= 15 is 0 Å². The highest BCUT2D eigenvalue weighted by atomic mass is 28.3. The van der Waals surface area contributed by atoms with Crippen molar-refractivity contribution < 1.29 is 5.11 Å². The molecule has 0 aliphatic carbocycles. The van der Waals surface area contributed by atoms with Gasteiger partial charge in [-0.05, 0) is 17.2 Å². The van der Waals surface area contributed by atoms with E-state index < -0.39 is 8.07 Å². The molecule has 1 aromatic rings. The second-order valence-electron chi connectivity index (χ2n) is 4.56. The molecule has 14 heavy (non-hydrogen) atoms. The van der Waals surface area contributed by atoms with Crippen molar-refractivity contribution in [2.45, 2.75) is 26.1 Å². The van der Waals surface area contributed by atoms with Crippen molar-refractivity contribution in [3.8, 4) is 5.75 Å². The number of allylic oxidation sites excluding steroid dienone is 1. The van der Waals surface area contributed by atoms with Crippen molar-refractivity contribution in [2.75, 3.05) is 0 Å². The molecule has 0 heterocycles. The Hall–Kier alpha value is -1.02. The third-order valence-electron chi connectivity index (χ3n) is 2.29. The first-order chi connectivity index (χ1) is 6.46. The number of aromatic hydroxyl groups is 1. The molecule has 1 aromatic carbocycles. The third kappa shape index (κ3) is 2.26. The van der Waals surface area contributed by atoms with Crippen molar-refractivity contribution in [3.63, 3.8) is 0 Å². The maximum atomic E-state index is 10.0. The smallest absolute Gasteiger partial charge is 0.118 e. The quantitative estimate of drug-likeness (QED) is 0.595. The highest BCUT2D eigenvalue weighted by Gasteiger charge is 2.21. The summed E-state index contributed by atoms with van der Waals surface area (Å²) < 4.78 is 0. The Morgan fingerprint density at radius 1 is 1.36 bits per heavy atom. The van der Waals surface area contributed by atoms with Gasteiger partial charge < -0.3 is 5.11 Å². The molecule has 1 N–H and O–H groups in total. The summed E-state index contributed by atoms with van der Waals surface area (Å²) in [6.07, 6.45) is 2.56. The molecule has 1 nitrogen and oxygen atoms in total. The summed E-state index contributed by atoms with van der Waals surface area (Å²) in [5.41, 5.74) is 0.986. The van der Waals surface area contributed by atoms with Crippen LogP contribution in [0, 0.1) is 0 Å². The molecule has 0 atom stereocenters. The van der Waals surface area contributed by atoms with Crippen molar-refractivity contribution in [3.05, 3.63) is 36.4 Å². The highest BCUT2D eigenvalue weighted by Crippen LogP contribution is 2.19. The number of phenolic OH excluding ortho intramolecular Hbond substituents is 1. The fourth-order valence-corrected chi connectivity index (χ4v) is 2.98. The van der Waals surface area contributed by atoms with Crippen molar-refractivity contribution >= 4 is 13.3 Å². The van der Waals surface area contributed by atoms with Crippen LogP contribution in [-0.4, -0.2) is 13.2 Å². The lowest BCUT2D eigenvalue weighted by Gasteiger charge is -2.19. The number of para-hydroxylation sites is 1. The Balaban J connectivity index is 3.20. The van der Waals surface area contributed by atoms with E-state index in [9.17, 15) is 5.11 Å². The van der Waals surface area contributed by atoms with Crippen LogP contribution in [0.5, 0.6) is 5.75 Å². The summed E-state index contributed by atoms with van der Waals surface area (Å²) in [6.45, 7) is 10.4. The average molecular weight is 206 g/mol. The van der Waals surface area contributed by atoms with Gasteiger partial charge in [0.25, 0.3) is 0 Å². The first kappa shape index (κ1) is 11.1. The van der Waals surface area contributed by atoms with Gasteiger partial charge in [-0.15, -0.1) is 6.58 Å². The van der Waals surface area contributed by atoms with Crippen LogP contribution < -0.4 is 5.19 Å². The van der Waals surface area contributed by atoms with Gasteiger partial charge in [0, 0.05) is 0 Å². The van der Waals surface area contributed by atoms with Crippen LogP contribution in [0.25, 0.3) is 0 Å². The van der Waals surface area contributed by atoms with E-state index in [2.05, 4.69) is 26.2 Å². The minimum Gasteiger partial charge on any atom is -0.508 e. The van der Waals surface area contributed by atoms with Crippen molar-refractivity contribution in [1.82, 2.24) is 0 Å². The van der Waals surface area contributed by atoms with E-state index in [0.717, 1.165) is 17.2 Å². The molecule has 0 amide bonds. The Morgan fingerprint density at radius 2 is 2.00 bits per heavy atom. The maximum absolute atomic E-state index is 10.0. The van der Waals surface area contributed by atoms with E-state index in [1.165, 1.54) is 0 Å². The Bertz CT molecular complexity index is 337. The normalized spacial score (nSPS) is 11.4. The first-order valence-corrected chi connectivity index (χ1v) is 8.39. The lowest BCUT2D eigenvalue weighted by Crippen LogP contribution is -2.37. The fraction of sp³-hybridized carbons (Fsp3) is 0.333. The third-order valence-corrected chi connectivity index (χ3v) is 4.31. The molecule has 0 saturated heterocycles. The van der Waals surface area contributed by atoms with Gasteiger partial charge in [-0.25, -0.2) is 0 Å². The van der Waals surface area contributed by atoms with Gasteiger partial charge in [0.15, 0.2) is 0 Å². The summed E-state index contributed by atoms with van der Waals surface area (Å²) in [7, 11) is -1.42. The molecule has 0 bridgehead atoms. The Kier molecular flexibility index (Phi) is 3.16. The molecular formula is C12H18OSi. The van der Waals surface area contributed by atoms with Gasteiger partial charge in [0.1, 0.15) is 5.75 Å². The van der Waals surface area contributed by atoms with Crippen LogP contribution in [0.4, 0.5) is 0 Å². The number of hydrogen-bond donors (Lipinski definition) is 1. The summed E-state index contributed by atoms with van der Waals surface area (Å²) >= 11 is 0. The molecule has 76 valence electrons. The zero-order valence-electron chi connectivity index (χ0n) is 9.17. The first-order valence-electron chi connectivity index (χ1n) is 4.89. The molecule has 0 aromatic heterocycles. The van der Waals surface area contributed by atoms with Crippen molar-refractivity contribution in [1.29, 1.82) is 0 Å². The van der Waals surface area contributed by atoms with Crippen LogP contribution >= 0.6 is 0 Å². The minimum absolute atomic E-state index is 0.478. The number of rotatable bonds is 3. The van der Waals surface area contributed by atoms with E-state index in [1.807, 2.05) is 24.3 Å². The molecule has 0 spiro atoms. The molecule has 0 fully saturated rings. The van der Waals surface area contributed by atoms with Gasteiger partial charge >= 0.3 is 0 Å². The molecule has 0 unspecified atom stereocenters. The largest absolute Gasteiger partial charge is 0.508 e. The molecule has 0 saturated carbocycles. The summed E-state index contributed by atoms with van der Waals surface area (Å²) in [4.78, 5) is 0. The van der Waals surface area contributed by atoms with E-state index in [0.29, 0.717) is 5.75 Å². The van der Waals surface area contributed by atoms with Crippen molar-refractivity contribution in [2.24, 2.45) is 0 Å². The molecular weight excluding hydrogens is 188 g/mol. The lowest BCUT2D eigenvalue weighted by molar-refractivity contribution is 0.473. The molecule has 0 aliphatic heterocycles. The van der Waals surface area contributed by atoms with Gasteiger partial charge in [0.2, 0.25) is 0 Å². The SMILES string of the molecule is C=CCc1cccc([Si](C)(C)C)c1O. The van der Waals surface area contributed by atoms with Crippen LogP contribution in [0.2, 0.25) is 19.6 Å². The van der Waals surface area contributed by atoms with E-state index in [-0.39, 0.29) is 0 Å². The van der Waals surface area contributed by atoms with Crippen LogP contribution in [0.1, 0.15) is 5.56 Å². The fourth-order valence-electron chi connectivity index (χ4n) is 1.52. The highest BCUT2D eigenvalue weighted by molar-refractivity contribution is 6.89. The Morgan fingerprint density at radius 3 is 2.50 bits per heavy atom. The topological polar surface area (TPSA) is 20.2 Å². The predicted molar refractivity (Wildman–Crippen MR) is 65.0 cm³/mol. The van der Waals surface area contributed by atoms with Gasteiger partial charge in [0.05, 0.1) is 8.07 Å². The molecule has 2 heteroatoms. The predicted octanol–water partition coefficient (Wildman–Crippen LogP) is 2.67. The molecule has 0 radical (unpaired) electrons. The second-order valence-corrected chi connectivity index (χ2v) is 9.59.